The van der Waals surface area contributed by atoms with E-state index >= 15 is 0 Å². The maximum Gasteiger partial charge on any atom is 0.223 e. The zero-order valence-electron chi connectivity index (χ0n) is 9.07. The number of hydrogen-bond acceptors (Lipinski definition) is 5. The number of rotatable bonds is 3. The second kappa shape index (κ2) is 4.85. The molecule has 0 aliphatic carbocycles. The van der Waals surface area contributed by atoms with Gasteiger partial charge in [0.15, 0.2) is 5.82 Å². The van der Waals surface area contributed by atoms with Gasteiger partial charge in [0.05, 0.1) is 28.9 Å². The molecule has 1 aromatic heterocycles. The van der Waals surface area contributed by atoms with E-state index in [1.165, 1.54) is 0 Å². The van der Waals surface area contributed by atoms with Crippen LogP contribution in [-0.4, -0.2) is 10.1 Å². The first kappa shape index (κ1) is 11.4. The van der Waals surface area contributed by atoms with Gasteiger partial charge in [-0.15, -0.1) is 0 Å². The van der Waals surface area contributed by atoms with E-state index in [2.05, 4.69) is 15.5 Å². The highest BCUT2D eigenvalue weighted by Crippen LogP contribution is 2.23. The van der Waals surface area contributed by atoms with Crippen molar-refractivity contribution >= 4 is 17.3 Å². The maximum atomic E-state index is 8.70. The minimum atomic E-state index is 0.420. The van der Waals surface area contributed by atoms with Gasteiger partial charge in [0.25, 0.3) is 0 Å². The van der Waals surface area contributed by atoms with Crippen LogP contribution < -0.4 is 5.32 Å². The second-order valence-electron chi connectivity index (χ2n) is 3.39. The van der Waals surface area contributed by atoms with Crippen LogP contribution in [0.15, 0.2) is 22.7 Å². The number of benzene rings is 1. The number of aromatic nitrogens is 2. The molecule has 0 aliphatic rings. The quantitative estimate of drug-likeness (QED) is 0.903. The Bertz CT molecular complexity index is 573. The van der Waals surface area contributed by atoms with E-state index < -0.39 is 0 Å². The van der Waals surface area contributed by atoms with Crippen molar-refractivity contribution < 1.29 is 4.52 Å². The first-order chi connectivity index (χ1) is 8.19. The summed E-state index contributed by atoms with van der Waals surface area (Å²) in [4.78, 5) is 4.05. The summed E-state index contributed by atoms with van der Waals surface area (Å²) in [5.41, 5.74) is 1.25. The molecule has 5 nitrogen and oxygen atoms in total. The van der Waals surface area contributed by atoms with Crippen LogP contribution in [0.25, 0.3) is 0 Å². The molecule has 0 atom stereocenters. The Morgan fingerprint density at radius 2 is 2.35 bits per heavy atom. The lowest BCUT2D eigenvalue weighted by Crippen LogP contribution is -2.01. The van der Waals surface area contributed by atoms with Gasteiger partial charge in [0.2, 0.25) is 5.89 Å². The molecule has 2 rings (SSSR count). The number of hydrogen-bond donors (Lipinski definition) is 1. The van der Waals surface area contributed by atoms with Crippen molar-refractivity contribution in [2.45, 2.75) is 13.5 Å². The van der Waals surface area contributed by atoms with Crippen LogP contribution in [0.5, 0.6) is 0 Å². The van der Waals surface area contributed by atoms with Crippen LogP contribution >= 0.6 is 11.6 Å². The summed E-state index contributed by atoms with van der Waals surface area (Å²) in [6.45, 7) is 2.15. The molecule has 1 aromatic carbocycles. The lowest BCUT2D eigenvalue weighted by molar-refractivity contribution is 0.388. The normalized spacial score (nSPS) is 9.94. The molecule has 86 valence electrons. The number of nitriles is 1. The monoisotopic (exact) mass is 248 g/mol. The van der Waals surface area contributed by atoms with Crippen molar-refractivity contribution in [1.29, 1.82) is 5.26 Å². The third-order valence-corrected chi connectivity index (χ3v) is 2.42. The number of nitrogens with one attached hydrogen (secondary N) is 1. The molecule has 0 radical (unpaired) electrons. The molecule has 0 unspecified atom stereocenters. The van der Waals surface area contributed by atoms with Crippen LogP contribution in [0.1, 0.15) is 17.3 Å². The molecular weight excluding hydrogens is 240 g/mol. The minimum absolute atomic E-state index is 0.420. The van der Waals surface area contributed by atoms with E-state index in [4.69, 9.17) is 21.4 Å². The Labute approximate surface area is 103 Å². The van der Waals surface area contributed by atoms with Crippen molar-refractivity contribution in [3.8, 4) is 6.07 Å². The summed E-state index contributed by atoms with van der Waals surface area (Å²) in [7, 11) is 0. The molecule has 1 N–H and O–H groups in total. The Hall–Kier alpha value is -2.06. The highest BCUT2D eigenvalue weighted by Gasteiger charge is 2.04. The molecular formula is C11H9ClN4O. The fourth-order valence-electron chi connectivity index (χ4n) is 1.32. The van der Waals surface area contributed by atoms with Crippen molar-refractivity contribution in [3.05, 3.63) is 40.5 Å². The van der Waals surface area contributed by atoms with Gasteiger partial charge in [0.1, 0.15) is 0 Å². The lowest BCUT2D eigenvalue weighted by atomic mass is 10.2. The van der Waals surface area contributed by atoms with Crippen LogP contribution in [0.3, 0.4) is 0 Å². The molecule has 0 fully saturated rings. The third-order valence-electron chi connectivity index (χ3n) is 2.10. The summed E-state index contributed by atoms with van der Waals surface area (Å²) in [6.07, 6.45) is 0. The first-order valence-electron chi connectivity index (χ1n) is 4.92. The average Bonchev–Trinajstić information content (AvgIpc) is 2.73. The number of halogens is 1. The Balaban J connectivity index is 2.07. The van der Waals surface area contributed by atoms with Crippen molar-refractivity contribution in [1.82, 2.24) is 10.1 Å². The van der Waals surface area contributed by atoms with Gasteiger partial charge in [-0.2, -0.15) is 10.2 Å². The molecule has 0 saturated carbocycles. The minimum Gasteiger partial charge on any atom is -0.376 e. The molecule has 0 spiro atoms. The first-order valence-corrected chi connectivity index (χ1v) is 5.29. The van der Waals surface area contributed by atoms with Gasteiger partial charge in [-0.1, -0.05) is 16.8 Å². The molecule has 0 bridgehead atoms. The van der Waals surface area contributed by atoms with Crippen LogP contribution in [-0.2, 0) is 6.54 Å². The zero-order chi connectivity index (χ0) is 12.3. The van der Waals surface area contributed by atoms with Gasteiger partial charge in [-0.3, -0.25) is 0 Å². The zero-order valence-corrected chi connectivity index (χ0v) is 9.82. The van der Waals surface area contributed by atoms with Gasteiger partial charge in [-0.25, -0.2) is 0 Å². The lowest BCUT2D eigenvalue weighted by Gasteiger charge is -2.05. The molecule has 2 aromatic rings. The van der Waals surface area contributed by atoms with Gasteiger partial charge in [0, 0.05) is 6.92 Å². The highest BCUT2D eigenvalue weighted by molar-refractivity contribution is 6.33. The predicted octanol–water partition coefficient (Wildman–Crippen LogP) is 2.52. The molecule has 0 saturated heterocycles. The molecule has 6 heteroatoms. The summed E-state index contributed by atoms with van der Waals surface area (Å²) < 4.78 is 4.84. The maximum absolute atomic E-state index is 8.70. The van der Waals surface area contributed by atoms with E-state index in [1.54, 1.807) is 25.1 Å². The van der Waals surface area contributed by atoms with E-state index in [0.717, 1.165) is 5.69 Å². The van der Waals surface area contributed by atoms with E-state index in [-0.39, 0.29) is 0 Å². The number of anilines is 1. The van der Waals surface area contributed by atoms with Crippen molar-refractivity contribution in [3.63, 3.8) is 0 Å². The summed E-state index contributed by atoms with van der Waals surface area (Å²) in [6, 6.07) is 7.06. The Morgan fingerprint density at radius 1 is 1.53 bits per heavy atom. The van der Waals surface area contributed by atoms with Crippen molar-refractivity contribution in [2.24, 2.45) is 0 Å². The Kier molecular flexibility index (Phi) is 3.26. The van der Waals surface area contributed by atoms with Crippen molar-refractivity contribution in [2.75, 3.05) is 5.32 Å². The molecule has 0 amide bonds. The van der Waals surface area contributed by atoms with Crippen LogP contribution in [0.4, 0.5) is 5.69 Å². The summed E-state index contributed by atoms with van der Waals surface area (Å²) >= 11 is 6.00. The summed E-state index contributed by atoms with van der Waals surface area (Å²) in [5.74, 6) is 1.08. The van der Waals surface area contributed by atoms with Gasteiger partial charge < -0.3 is 9.84 Å². The average molecular weight is 249 g/mol. The van der Waals surface area contributed by atoms with Gasteiger partial charge in [-0.05, 0) is 18.2 Å². The SMILES string of the molecule is Cc1nc(CNc2ccc(C#N)cc2Cl)no1. The van der Waals surface area contributed by atoms with Gasteiger partial charge >= 0.3 is 0 Å². The predicted molar refractivity (Wildman–Crippen MR) is 62.5 cm³/mol. The fraction of sp³-hybridized carbons (Fsp3) is 0.182. The summed E-state index contributed by atoms with van der Waals surface area (Å²) in [5, 5.41) is 16.0. The second-order valence-corrected chi connectivity index (χ2v) is 3.80. The fourth-order valence-corrected chi connectivity index (χ4v) is 1.56. The molecule has 0 aliphatic heterocycles. The van der Waals surface area contributed by atoms with E-state index in [1.807, 2.05) is 6.07 Å². The number of nitrogens with zero attached hydrogens (tertiary/aromatic N) is 3. The topological polar surface area (TPSA) is 74.7 Å². The third kappa shape index (κ3) is 2.74. The van der Waals surface area contributed by atoms with E-state index in [9.17, 15) is 0 Å². The Morgan fingerprint density at radius 3 is 2.94 bits per heavy atom. The molecule has 1 heterocycles. The smallest absolute Gasteiger partial charge is 0.223 e. The molecule has 17 heavy (non-hydrogen) atoms. The van der Waals surface area contributed by atoms with Crippen LogP contribution in [0, 0.1) is 18.3 Å². The van der Waals surface area contributed by atoms with E-state index in [0.29, 0.717) is 28.8 Å². The highest BCUT2D eigenvalue weighted by atomic mass is 35.5. The number of aryl methyl sites for hydroxylation is 1. The standard InChI is InChI=1S/C11H9ClN4O/c1-7-15-11(16-17-7)6-14-10-3-2-8(5-13)4-9(10)12/h2-4,14H,6H2,1H3. The van der Waals surface area contributed by atoms with Crippen LogP contribution in [0.2, 0.25) is 5.02 Å². The largest absolute Gasteiger partial charge is 0.376 e.